The number of halogens is 1. The van der Waals surface area contributed by atoms with Gasteiger partial charge in [0.05, 0.1) is 0 Å². The molecular formula is C17H19Br. The Hall–Kier alpha value is -1.34. The van der Waals surface area contributed by atoms with Crippen molar-refractivity contribution < 1.29 is 0 Å². The van der Waals surface area contributed by atoms with E-state index in [9.17, 15) is 0 Å². The maximum Gasteiger partial charge on any atom is 0.00342 e. The number of unbranched alkanes of at least 4 members (excludes halogenated alkanes) is 1. The van der Waals surface area contributed by atoms with Crippen molar-refractivity contribution >= 4 is 21.5 Å². The molecule has 0 nitrogen and oxygen atoms in total. The van der Waals surface area contributed by atoms with Gasteiger partial charge in [0, 0.05) is 5.33 Å². The van der Waals surface area contributed by atoms with E-state index in [4.69, 9.17) is 0 Å². The average Bonchev–Trinajstić information content (AvgIpc) is 2.43. The highest BCUT2D eigenvalue weighted by molar-refractivity contribution is 9.09. The summed E-state index contributed by atoms with van der Waals surface area (Å²) in [4.78, 5) is 0. The van der Waals surface area contributed by atoms with Gasteiger partial charge in [0.15, 0.2) is 0 Å². The molecule has 1 aromatic rings. The second-order valence-corrected chi connectivity index (χ2v) is 4.67. The zero-order valence-corrected chi connectivity index (χ0v) is 12.2. The number of hydrogen-bond acceptors (Lipinski definition) is 0. The molecule has 1 heteroatoms. The molecule has 0 fully saturated rings. The first kappa shape index (κ1) is 14.7. The van der Waals surface area contributed by atoms with Crippen LogP contribution in [0.25, 0.3) is 5.57 Å². The van der Waals surface area contributed by atoms with Crippen LogP contribution in [0, 0.1) is 0 Å². The SMILES string of the molecule is C=C/C=C(C=C)/C(=C\CCCBr)c1ccccc1. The molecule has 0 N–H and O–H groups in total. The van der Waals surface area contributed by atoms with Gasteiger partial charge < -0.3 is 0 Å². The van der Waals surface area contributed by atoms with Crippen LogP contribution in [0.2, 0.25) is 0 Å². The fourth-order valence-corrected chi connectivity index (χ4v) is 2.06. The van der Waals surface area contributed by atoms with Gasteiger partial charge in [0.25, 0.3) is 0 Å². The van der Waals surface area contributed by atoms with Crippen LogP contribution in [-0.2, 0) is 0 Å². The Labute approximate surface area is 119 Å². The van der Waals surface area contributed by atoms with Crippen molar-refractivity contribution in [2.45, 2.75) is 12.8 Å². The Morgan fingerprint density at radius 3 is 2.44 bits per heavy atom. The molecule has 0 aromatic heterocycles. The molecule has 0 aliphatic rings. The third-order valence-electron chi connectivity index (χ3n) is 2.60. The van der Waals surface area contributed by atoms with Crippen molar-refractivity contribution in [1.29, 1.82) is 0 Å². The summed E-state index contributed by atoms with van der Waals surface area (Å²) in [6.45, 7) is 7.65. The largest absolute Gasteiger partial charge is 0.0990 e. The van der Waals surface area contributed by atoms with Gasteiger partial charge in [0.2, 0.25) is 0 Å². The molecule has 0 saturated heterocycles. The Balaban J connectivity index is 3.09. The number of hydrogen-bond donors (Lipinski definition) is 0. The summed E-state index contributed by atoms with van der Waals surface area (Å²) in [6.07, 6.45) is 10.1. The van der Waals surface area contributed by atoms with E-state index in [2.05, 4.69) is 59.4 Å². The van der Waals surface area contributed by atoms with Crippen molar-refractivity contribution in [3.05, 3.63) is 78.9 Å². The predicted molar refractivity (Wildman–Crippen MR) is 85.9 cm³/mol. The Morgan fingerprint density at radius 1 is 1.17 bits per heavy atom. The highest BCUT2D eigenvalue weighted by Crippen LogP contribution is 2.24. The number of alkyl halides is 1. The molecule has 1 rings (SSSR count). The maximum atomic E-state index is 3.89. The van der Waals surface area contributed by atoms with Crippen LogP contribution in [0.5, 0.6) is 0 Å². The van der Waals surface area contributed by atoms with Gasteiger partial charge in [0.1, 0.15) is 0 Å². The van der Waals surface area contributed by atoms with E-state index in [1.54, 1.807) is 6.08 Å². The fraction of sp³-hybridized carbons (Fsp3) is 0.176. The van der Waals surface area contributed by atoms with E-state index in [1.165, 1.54) is 11.1 Å². The number of rotatable bonds is 7. The van der Waals surface area contributed by atoms with Crippen molar-refractivity contribution in [2.24, 2.45) is 0 Å². The zero-order chi connectivity index (χ0) is 13.2. The van der Waals surface area contributed by atoms with Gasteiger partial charge >= 0.3 is 0 Å². The van der Waals surface area contributed by atoms with E-state index in [0.29, 0.717) is 0 Å². The quantitative estimate of drug-likeness (QED) is 0.352. The highest BCUT2D eigenvalue weighted by Gasteiger charge is 2.03. The third kappa shape index (κ3) is 4.50. The minimum absolute atomic E-state index is 1.03. The van der Waals surface area contributed by atoms with E-state index in [1.807, 2.05) is 18.2 Å². The second kappa shape index (κ2) is 8.71. The van der Waals surface area contributed by atoms with Gasteiger partial charge in [-0.05, 0) is 29.6 Å². The third-order valence-corrected chi connectivity index (χ3v) is 3.16. The van der Waals surface area contributed by atoms with Gasteiger partial charge in [-0.2, -0.15) is 0 Å². The molecule has 94 valence electrons. The number of allylic oxidation sites excluding steroid dienone is 6. The van der Waals surface area contributed by atoms with Crippen LogP contribution in [0.1, 0.15) is 18.4 Å². The van der Waals surface area contributed by atoms with Gasteiger partial charge in [-0.3, -0.25) is 0 Å². The summed E-state index contributed by atoms with van der Waals surface area (Å²) in [5.41, 5.74) is 3.57. The van der Waals surface area contributed by atoms with Crippen LogP contribution >= 0.6 is 15.9 Å². The Morgan fingerprint density at radius 2 is 1.89 bits per heavy atom. The zero-order valence-electron chi connectivity index (χ0n) is 10.6. The van der Waals surface area contributed by atoms with Crippen LogP contribution in [-0.4, -0.2) is 5.33 Å². The number of benzene rings is 1. The van der Waals surface area contributed by atoms with E-state index in [-0.39, 0.29) is 0 Å². The first-order valence-corrected chi connectivity index (χ1v) is 7.22. The second-order valence-electron chi connectivity index (χ2n) is 3.88. The van der Waals surface area contributed by atoms with Gasteiger partial charge in [-0.15, -0.1) is 0 Å². The maximum absolute atomic E-state index is 3.89. The lowest BCUT2D eigenvalue weighted by Crippen LogP contribution is -1.88. The van der Waals surface area contributed by atoms with Crippen LogP contribution in [0.4, 0.5) is 0 Å². The Kier molecular flexibility index (Phi) is 7.12. The molecule has 18 heavy (non-hydrogen) atoms. The summed E-state index contributed by atoms with van der Waals surface area (Å²) in [5.74, 6) is 0. The summed E-state index contributed by atoms with van der Waals surface area (Å²) < 4.78 is 0. The predicted octanol–water partition coefficient (Wildman–Crippen LogP) is 5.54. The molecule has 0 spiro atoms. The molecule has 0 bridgehead atoms. The summed E-state index contributed by atoms with van der Waals surface area (Å²) >= 11 is 3.46. The molecule has 0 heterocycles. The Bertz CT molecular complexity index is 438. The van der Waals surface area contributed by atoms with E-state index < -0.39 is 0 Å². The molecule has 0 unspecified atom stereocenters. The highest BCUT2D eigenvalue weighted by atomic mass is 79.9. The van der Waals surface area contributed by atoms with Crippen molar-refractivity contribution in [3.8, 4) is 0 Å². The standard InChI is InChI=1S/C17H19Br/c1-3-10-15(4-2)17(13-8-9-14-18)16-11-6-5-7-12-16/h3-7,10-13H,1-2,8-9,14H2/b15-10+,17-13+. The topological polar surface area (TPSA) is 0 Å². The van der Waals surface area contributed by atoms with Crippen LogP contribution in [0.3, 0.4) is 0 Å². The van der Waals surface area contributed by atoms with E-state index >= 15 is 0 Å². The minimum atomic E-state index is 1.03. The summed E-state index contributed by atoms with van der Waals surface area (Å²) in [7, 11) is 0. The lowest BCUT2D eigenvalue weighted by atomic mass is 9.96. The fourth-order valence-electron chi connectivity index (χ4n) is 1.74. The van der Waals surface area contributed by atoms with E-state index in [0.717, 1.165) is 23.7 Å². The molecule has 0 atom stereocenters. The van der Waals surface area contributed by atoms with Gasteiger partial charge in [-0.25, -0.2) is 0 Å². The molecule has 1 aromatic carbocycles. The first-order chi connectivity index (χ1) is 8.83. The smallest absolute Gasteiger partial charge is 0.00342 e. The lowest BCUT2D eigenvalue weighted by Gasteiger charge is -2.09. The lowest BCUT2D eigenvalue weighted by molar-refractivity contribution is 0.980. The molecule has 0 saturated carbocycles. The van der Waals surface area contributed by atoms with Crippen molar-refractivity contribution in [1.82, 2.24) is 0 Å². The molecule has 0 aliphatic heterocycles. The average molecular weight is 303 g/mol. The van der Waals surface area contributed by atoms with Crippen molar-refractivity contribution in [2.75, 3.05) is 5.33 Å². The van der Waals surface area contributed by atoms with Gasteiger partial charge in [-0.1, -0.05) is 83.7 Å². The monoisotopic (exact) mass is 302 g/mol. The molecule has 0 aliphatic carbocycles. The summed E-state index contributed by atoms with van der Waals surface area (Å²) in [6, 6.07) is 10.4. The van der Waals surface area contributed by atoms with Crippen molar-refractivity contribution in [3.63, 3.8) is 0 Å². The molecule has 0 radical (unpaired) electrons. The minimum Gasteiger partial charge on any atom is -0.0990 e. The first-order valence-electron chi connectivity index (χ1n) is 6.10. The van der Waals surface area contributed by atoms with Crippen LogP contribution in [0.15, 0.2) is 73.4 Å². The van der Waals surface area contributed by atoms with Crippen LogP contribution < -0.4 is 0 Å². The molecule has 0 amide bonds. The molecular weight excluding hydrogens is 284 g/mol. The normalized spacial score (nSPS) is 12.3. The summed E-state index contributed by atoms with van der Waals surface area (Å²) in [5, 5.41) is 1.03.